The quantitative estimate of drug-likeness (QED) is 0.746. The van der Waals surface area contributed by atoms with Gasteiger partial charge < -0.3 is 25.4 Å². The molecule has 29 heavy (non-hydrogen) atoms. The minimum Gasteiger partial charge on any atom is -0.492 e. The number of carbonyl (C=O) groups excluding carboxylic acids is 1. The Labute approximate surface area is 169 Å². The van der Waals surface area contributed by atoms with E-state index in [2.05, 4.69) is 13.8 Å². The van der Waals surface area contributed by atoms with Crippen molar-refractivity contribution in [2.24, 2.45) is 17.1 Å². The molecule has 1 amide bonds. The van der Waals surface area contributed by atoms with E-state index in [0.29, 0.717) is 35.8 Å². The number of hydrogen-bond acceptors (Lipinski definition) is 5. The fourth-order valence-electron chi connectivity index (χ4n) is 4.60. The van der Waals surface area contributed by atoms with Gasteiger partial charge >= 0.3 is 5.97 Å². The van der Waals surface area contributed by atoms with Gasteiger partial charge in [0, 0.05) is 25.2 Å². The van der Waals surface area contributed by atoms with Gasteiger partial charge in [-0.05, 0) is 42.7 Å². The van der Waals surface area contributed by atoms with Gasteiger partial charge in [-0.2, -0.15) is 0 Å². The average molecular weight is 405 g/mol. The summed E-state index contributed by atoms with van der Waals surface area (Å²) in [6.07, 6.45) is 2.30. The molecule has 2 unspecified atom stereocenters. The minimum atomic E-state index is -1.19. The maximum Gasteiger partial charge on any atom is 0.316 e. The van der Waals surface area contributed by atoms with E-state index in [1.807, 2.05) is 4.90 Å². The molecular weight excluding hydrogens is 377 g/mol. The van der Waals surface area contributed by atoms with Crippen LogP contribution < -0.4 is 20.3 Å². The number of carboxylic acid groups (broad SMARTS) is 1. The molecule has 0 radical (unpaired) electrons. The molecule has 158 valence electrons. The van der Waals surface area contributed by atoms with Crippen LogP contribution in [0.4, 0.5) is 15.8 Å². The van der Waals surface area contributed by atoms with Gasteiger partial charge in [0.15, 0.2) is 11.6 Å². The van der Waals surface area contributed by atoms with Gasteiger partial charge in [-0.3, -0.25) is 9.59 Å². The van der Waals surface area contributed by atoms with Crippen LogP contribution >= 0.6 is 0 Å². The minimum absolute atomic E-state index is 0.0197. The summed E-state index contributed by atoms with van der Waals surface area (Å²) in [6.45, 7) is 5.27. The lowest BCUT2D eigenvalue weighted by molar-refractivity contribution is -0.146. The second-order valence-electron chi connectivity index (χ2n) is 9.09. The lowest BCUT2D eigenvalue weighted by Crippen LogP contribution is -2.53. The Bertz CT molecular complexity index is 868. The van der Waals surface area contributed by atoms with E-state index in [4.69, 9.17) is 10.5 Å². The number of carbonyl (C=O) groups is 2. The zero-order valence-corrected chi connectivity index (χ0v) is 17.1. The molecule has 0 spiro atoms. The molecule has 8 heteroatoms. The molecule has 3 N–H and O–H groups in total. The van der Waals surface area contributed by atoms with E-state index < -0.39 is 23.6 Å². The Morgan fingerprint density at radius 1 is 1.31 bits per heavy atom. The Balaban J connectivity index is 1.84. The monoisotopic (exact) mass is 405 g/mol. The van der Waals surface area contributed by atoms with Gasteiger partial charge in [-0.1, -0.05) is 13.8 Å². The van der Waals surface area contributed by atoms with Crippen molar-refractivity contribution >= 4 is 23.3 Å². The van der Waals surface area contributed by atoms with Crippen LogP contribution in [0.1, 0.15) is 38.7 Å². The topological polar surface area (TPSA) is 96.1 Å². The summed E-state index contributed by atoms with van der Waals surface area (Å²) >= 11 is 0. The molecule has 4 rings (SSSR count). The largest absolute Gasteiger partial charge is 0.492 e. The highest BCUT2D eigenvalue weighted by Crippen LogP contribution is 2.50. The van der Waals surface area contributed by atoms with Crippen molar-refractivity contribution < 1.29 is 23.8 Å². The van der Waals surface area contributed by atoms with E-state index in [0.717, 1.165) is 19.3 Å². The van der Waals surface area contributed by atoms with Crippen LogP contribution in [-0.4, -0.2) is 49.3 Å². The maximum absolute atomic E-state index is 15.3. The Morgan fingerprint density at radius 2 is 2.00 bits per heavy atom. The first kappa shape index (κ1) is 19.9. The fourth-order valence-corrected chi connectivity index (χ4v) is 4.60. The number of ether oxygens (including phenoxy) is 1. The summed E-state index contributed by atoms with van der Waals surface area (Å²) in [5.41, 5.74) is 7.41. The number of benzene rings is 1. The average Bonchev–Trinajstić information content (AvgIpc) is 3.47. The van der Waals surface area contributed by atoms with Gasteiger partial charge in [0.25, 0.3) is 0 Å². The highest BCUT2D eigenvalue weighted by molar-refractivity contribution is 6.10. The maximum atomic E-state index is 15.3. The van der Waals surface area contributed by atoms with Crippen LogP contribution in [0.5, 0.6) is 5.75 Å². The molecule has 2 aliphatic heterocycles. The van der Waals surface area contributed by atoms with E-state index in [1.165, 1.54) is 13.2 Å². The molecule has 0 aromatic heterocycles. The molecule has 7 nitrogen and oxygen atoms in total. The molecule has 2 heterocycles. The molecule has 2 fully saturated rings. The van der Waals surface area contributed by atoms with Crippen LogP contribution in [0, 0.1) is 17.2 Å². The standard InChI is InChI=1S/C21H28FN3O4/c1-21(2)10-24(7-6-15(21)23)17-14(22)9-11-8-13(20(27)28)19(26)25(12-4-5-12)16(11)18(17)29-3/h9,12-13,15H,4-8,10,23H2,1-3H3,(H,27,28). The molecule has 2 atom stereocenters. The van der Waals surface area contributed by atoms with E-state index >= 15 is 4.39 Å². The van der Waals surface area contributed by atoms with Crippen molar-refractivity contribution in [3.63, 3.8) is 0 Å². The number of hydrogen-bond donors (Lipinski definition) is 2. The smallest absolute Gasteiger partial charge is 0.316 e. The number of halogens is 1. The van der Waals surface area contributed by atoms with Crippen LogP contribution in [0.3, 0.4) is 0 Å². The fraction of sp³-hybridized carbons (Fsp3) is 0.619. The predicted octanol–water partition coefficient (Wildman–Crippen LogP) is 2.15. The first-order chi connectivity index (χ1) is 13.7. The number of nitrogens with two attached hydrogens (primary N) is 1. The van der Waals surface area contributed by atoms with Crippen LogP contribution in [0.2, 0.25) is 0 Å². The molecule has 1 saturated heterocycles. The summed E-state index contributed by atoms with van der Waals surface area (Å²) in [6, 6.07) is 1.35. The Hall–Kier alpha value is -2.35. The van der Waals surface area contributed by atoms with Crippen molar-refractivity contribution in [1.82, 2.24) is 0 Å². The van der Waals surface area contributed by atoms with E-state index in [9.17, 15) is 14.7 Å². The summed E-state index contributed by atoms with van der Waals surface area (Å²) in [7, 11) is 1.47. The zero-order chi connectivity index (χ0) is 21.1. The molecule has 1 aromatic rings. The summed E-state index contributed by atoms with van der Waals surface area (Å²) in [5.74, 6) is -2.95. The molecule has 1 aliphatic carbocycles. The predicted molar refractivity (Wildman–Crippen MR) is 107 cm³/mol. The highest BCUT2D eigenvalue weighted by Gasteiger charge is 2.47. The number of amides is 1. The number of aliphatic carboxylic acids is 1. The number of fused-ring (bicyclic) bond motifs is 1. The van der Waals surface area contributed by atoms with Crippen molar-refractivity contribution in [1.29, 1.82) is 0 Å². The molecule has 0 bridgehead atoms. The van der Waals surface area contributed by atoms with Gasteiger partial charge in [0.05, 0.1) is 12.8 Å². The SMILES string of the molecule is COc1c(N2CCC(N)C(C)(C)C2)c(F)cc2c1N(C1CC1)C(=O)C(C(=O)O)C2. The molecule has 1 saturated carbocycles. The Morgan fingerprint density at radius 3 is 2.55 bits per heavy atom. The van der Waals surface area contributed by atoms with Crippen LogP contribution in [0.25, 0.3) is 0 Å². The van der Waals surface area contributed by atoms with Crippen LogP contribution in [0.15, 0.2) is 6.07 Å². The van der Waals surface area contributed by atoms with Crippen molar-refractivity contribution in [3.8, 4) is 5.75 Å². The first-order valence-corrected chi connectivity index (χ1v) is 10.1. The Kier molecular flexibility index (Phi) is 4.72. The van der Waals surface area contributed by atoms with Gasteiger partial charge in [0.2, 0.25) is 5.91 Å². The highest BCUT2D eigenvalue weighted by atomic mass is 19.1. The van der Waals surface area contributed by atoms with Crippen molar-refractivity contribution in [2.75, 3.05) is 30.0 Å². The first-order valence-electron chi connectivity index (χ1n) is 10.1. The number of rotatable bonds is 4. The number of anilines is 2. The third-order valence-corrected chi connectivity index (χ3v) is 6.50. The van der Waals surface area contributed by atoms with Gasteiger partial charge in [-0.25, -0.2) is 4.39 Å². The second-order valence-corrected chi connectivity index (χ2v) is 9.09. The number of piperidine rings is 1. The second kappa shape index (κ2) is 6.86. The van der Waals surface area contributed by atoms with Gasteiger partial charge in [-0.15, -0.1) is 0 Å². The normalized spacial score (nSPS) is 26.3. The summed E-state index contributed by atoms with van der Waals surface area (Å²) in [5, 5.41) is 9.50. The number of nitrogens with zero attached hydrogens (tertiary/aromatic N) is 2. The lowest BCUT2D eigenvalue weighted by Gasteiger charge is -2.44. The molecule has 3 aliphatic rings. The third kappa shape index (κ3) is 3.23. The summed E-state index contributed by atoms with van der Waals surface area (Å²) < 4.78 is 21.0. The van der Waals surface area contributed by atoms with Gasteiger partial charge in [0.1, 0.15) is 11.6 Å². The van der Waals surface area contributed by atoms with E-state index in [-0.39, 0.29) is 23.9 Å². The third-order valence-electron chi connectivity index (χ3n) is 6.50. The van der Waals surface area contributed by atoms with Crippen LogP contribution in [-0.2, 0) is 16.0 Å². The molecule has 1 aromatic carbocycles. The lowest BCUT2D eigenvalue weighted by atomic mass is 9.79. The summed E-state index contributed by atoms with van der Waals surface area (Å²) in [4.78, 5) is 28.1. The number of methoxy groups -OCH3 is 1. The molecular formula is C21H28FN3O4. The zero-order valence-electron chi connectivity index (χ0n) is 17.1. The van der Waals surface area contributed by atoms with E-state index in [1.54, 1.807) is 4.90 Å². The number of carboxylic acids is 1. The van der Waals surface area contributed by atoms with Crippen molar-refractivity contribution in [3.05, 3.63) is 17.4 Å². The van der Waals surface area contributed by atoms with Crippen molar-refractivity contribution in [2.45, 2.75) is 51.6 Å².